The summed E-state index contributed by atoms with van der Waals surface area (Å²) >= 11 is 1.17. The highest BCUT2D eigenvalue weighted by Crippen LogP contribution is 2.31. The molecule has 34 heavy (non-hydrogen) atoms. The molecule has 1 aromatic heterocycles. The lowest BCUT2D eigenvalue weighted by atomic mass is 10.0. The number of nitrogens with zero attached hydrogens (tertiary/aromatic N) is 3. The SMILES string of the molecule is CCCCCCOc1nsnc1C1=CCC[N+](C)(C(C)OC(=O)CCCC(=O)OC(C)(C)C)C1. The van der Waals surface area contributed by atoms with Crippen LogP contribution in [0.5, 0.6) is 5.88 Å². The van der Waals surface area contributed by atoms with Crippen molar-refractivity contribution in [1.82, 2.24) is 8.75 Å². The van der Waals surface area contributed by atoms with Crippen molar-refractivity contribution >= 4 is 29.2 Å². The number of esters is 2. The Morgan fingerprint density at radius 2 is 1.85 bits per heavy atom. The van der Waals surface area contributed by atoms with Gasteiger partial charge in [-0.1, -0.05) is 32.3 Å². The number of hydrogen-bond acceptors (Lipinski definition) is 8. The second kappa shape index (κ2) is 13.2. The standard InChI is InChI=1S/C25H42N3O5S/c1-7-8-9-10-17-31-24-23(26-34-27-24)20-13-12-16-28(6,18-20)19(2)32-21(29)14-11-15-22(30)33-25(3,4)5/h13,19H,7-12,14-18H2,1-6H3/q+1. The third kappa shape index (κ3) is 9.33. The van der Waals surface area contributed by atoms with Gasteiger partial charge in [-0.3, -0.25) is 14.1 Å². The minimum Gasteiger partial charge on any atom is -0.475 e. The maximum Gasteiger partial charge on any atom is 0.310 e. The van der Waals surface area contributed by atoms with Crippen molar-refractivity contribution in [2.75, 3.05) is 26.7 Å². The van der Waals surface area contributed by atoms with E-state index in [1.165, 1.54) is 24.6 Å². The number of likely N-dealkylation sites (N-methyl/N-ethyl adjacent to an activating group) is 1. The van der Waals surface area contributed by atoms with Crippen LogP contribution in [-0.2, 0) is 19.1 Å². The number of quaternary nitrogens is 1. The van der Waals surface area contributed by atoms with Gasteiger partial charge in [0.25, 0.3) is 5.88 Å². The Morgan fingerprint density at radius 3 is 2.56 bits per heavy atom. The molecule has 1 aromatic rings. The first-order chi connectivity index (χ1) is 16.0. The predicted molar refractivity (Wildman–Crippen MR) is 133 cm³/mol. The fraction of sp³-hybridized carbons (Fsp3) is 0.760. The third-order valence-electron chi connectivity index (χ3n) is 5.92. The summed E-state index contributed by atoms with van der Waals surface area (Å²) in [5.41, 5.74) is 1.37. The molecular formula is C25H42N3O5S+. The Kier molecular flexibility index (Phi) is 11.0. The van der Waals surface area contributed by atoms with Crippen LogP contribution in [0.2, 0.25) is 0 Å². The van der Waals surface area contributed by atoms with Gasteiger partial charge in [-0.2, -0.15) is 4.37 Å². The van der Waals surface area contributed by atoms with Gasteiger partial charge in [0.1, 0.15) is 17.8 Å². The smallest absolute Gasteiger partial charge is 0.310 e. The van der Waals surface area contributed by atoms with E-state index < -0.39 is 5.60 Å². The molecule has 0 saturated carbocycles. The average molecular weight is 497 g/mol. The molecular weight excluding hydrogens is 454 g/mol. The molecule has 0 radical (unpaired) electrons. The van der Waals surface area contributed by atoms with Gasteiger partial charge in [-0.05, 0) is 33.6 Å². The van der Waals surface area contributed by atoms with Gasteiger partial charge in [-0.15, -0.1) is 4.37 Å². The van der Waals surface area contributed by atoms with E-state index in [4.69, 9.17) is 14.2 Å². The molecule has 0 aromatic carbocycles. The monoisotopic (exact) mass is 496 g/mol. The molecule has 2 heterocycles. The van der Waals surface area contributed by atoms with E-state index in [1.807, 2.05) is 27.7 Å². The summed E-state index contributed by atoms with van der Waals surface area (Å²) in [5.74, 6) is 0.0179. The molecule has 2 rings (SSSR count). The third-order valence-corrected chi connectivity index (χ3v) is 6.43. The number of ether oxygens (including phenoxy) is 3. The molecule has 0 N–H and O–H groups in total. The van der Waals surface area contributed by atoms with Crippen LogP contribution in [0.15, 0.2) is 6.08 Å². The summed E-state index contributed by atoms with van der Waals surface area (Å²) in [7, 11) is 2.09. The number of hydrogen-bond donors (Lipinski definition) is 0. The van der Waals surface area contributed by atoms with Gasteiger partial charge >= 0.3 is 11.9 Å². The van der Waals surface area contributed by atoms with E-state index in [2.05, 4.69) is 28.8 Å². The summed E-state index contributed by atoms with van der Waals surface area (Å²) in [6, 6.07) is 0. The molecule has 2 atom stereocenters. The molecule has 1 aliphatic heterocycles. The molecule has 8 nitrogen and oxygen atoms in total. The van der Waals surface area contributed by atoms with Crippen LogP contribution in [-0.4, -0.2) is 63.7 Å². The molecule has 192 valence electrons. The lowest BCUT2D eigenvalue weighted by Crippen LogP contribution is -2.55. The second-order valence-corrected chi connectivity index (χ2v) is 10.8. The van der Waals surface area contributed by atoms with Gasteiger partial charge in [0, 0.05) is 31.8 Å². The van der Waals surface area contributed by atoms with Crippen LogP contribution < -0.4 is 4.74 Å². The van der Waals surface area contributed by atoms with E-state index in [0.29, 0.717) is 29.9 Å². The number of carbonyl (C=O) groups is 2. The number of carbonyl (C=O) groups excluding carboxylic acids is 2. The van der Waals surface area contributed by atoms with Crippen LogP contribution in [0.25, 0.3) is 5.57 Å². The largest absolute Gasteiger partial charge is 0.475 e. The van der Waals surface area contributed by atoms with Crippen LogP contribution in [0, 0.1) is 0 Å². The van der Waals surface area contributed by atoms with Crippen LogP contribution >= 0.6 is 11.7 Å². The van der Waals surface area contributed by atoms with E-state index in [9.17, 15) is 9.59 Å². The second-order valence-electron chi connectivity index (χ2n) is 10.2. The molecule has 0 bridgehead atoms. The van der Waals surface area contributed by atoms with Crippen LogP contribution in [0.4, 0.5) is 0 Å². The van der Waals surface area contributed by atoms with Crippen molar-refractivity contribution in [2.45, 2.75) is 97.8 Å². The quantitative estimate of drug-likeness (QED) is 0.212. The molecule has 0 amide bonds. The molecule has 9 heteroatoms. The maximum atomic E-state index is 12.4. The Morgan fingerprint density at radius 1 is 1.12 bits per heavy atom. The number of aromatic nitrogens is 2. The summed E-state index contributed by atoms with van der Waals surface area (Å²) in [5, 5.41) is 0. The topological polar surface area (TPSA) is 87.6 Å². The Balaban J connectivity index is 1.86. The Bertz CT molecular complexity index is 833. The van der Waals surface area contributed by atoms with E-state index in [-0.39, 0.29) is 31.0 Å². The van der Waals surface area contributed by atoms with Gasteiger partial charge in [-0.25, -0.2) is 0 Å². The Hall–Kier alpha value is -2.00. The predicted octanol–water partition coefficient (Wildman–Crippen LogP) is 5.13. The van der Waals surface area contributed by atoms with Gasteiger partial charge < -0.3 is 14.2 Å². The van der Waals surface area contributed by atoms with Gasteiger partial charge in [0.05, 0.1) is 31.9 Å². The zero-order chi connectivity index (χ0) is 25.2. The maximum absolute atomic E-state index is 12.4. The summed E-state index contributed by atoms with van der Waals surface area (Å²) in [6.45, 7) is 11.8. The van der Waals surface area contributed by atoms with Crippen molar-refractivity contribution in [3.05, 3.63) is 11.8 Å². The zero-order valence-corrected chi connectivity index (χ0v) is 22.5. The first kappa shape index (κ1) is 28.2. The van der Waals surface area contributed by atoms with E-state index >= 15 is 0 Å². The van der Waals surface area contributed by atoms with Crippen molar-refractivity contribution in [2.24, 2.45) is 0 Å². The highest BCUT2D eigenvalue weighted by atomic mass is 32.1. The summed E-state index contributed by atoms with van der Waals surface area (Å²) in [6.07, 6.45) is 8.12. The first-order valence-electron chi connectivity index (χ1n) is 12.4. The minimum atomic E-state index is -0.517. The lowest BCUT2D eigenvalue weighted by Gasteiger charge is -2.41. The summed E-state index contributed by atoms with van der Waals surface area (Å²) < 4.78 is 26.4. The first-order valence-corrected chi connectivity index (χ1v) is 13.2. The molecule has 0 spiro atoms. The average Bonchev–Trinajstić information content (AvgIpc) is 3.21. The van der Waals surface area contributed by atoms with Crippen LogP contribution in [0.1, 0.15) is 91.7 Å². The van der Waals surface area contributed by atoms with Crippen molar-refractivity contribution in [1.29, 1.82) is 0 Å². The fourth-order valence-corrected chi connectivity index (χ4v) is 4.39. The molecule has 0 aliphatic carbocycles. The zero-order valence-electron chi connectivity index (χ0n) is 21.7. The normalized spacial score (nSPS) is 19.3. The summed E-state index contributed by atoms with van der Waals surface area (Å²) in [4.78, 5) is 24.3. The minimum absolute atomic E-state index is 0.193. The lowest BCUT2D eigenvalue weighted by molar-refractivity contribution is -0.944. The molecule has 2 unspecified atom stereocenters. The highest BCUT2D eigenvalue weighted by Gasteiger charge is 2.36. The van der Waals surface area contributed by atoms with Crippen molar-refractivity contribution in [3.63, 3.8) is 0 Å². The molecule has 0 saturated heterocycles. The van der Waals surface area contributed by atoms with Crippen molar-refractivity contribution in [3.8, 4) is 5.88 Å². The van der Waals surface area contributed by atoms with E-state index in [0.717, 1.165) is 37.1 Å². The van der Waals surface area contributed by atoms with Crippen LogP contribution in [0.3, 0.4) is 0 Å². The van der Waals surface area contributed by atoms with Gasteiger partial charge in [0.2, 0.25) is 6.23 Å². The molecule has 0 fully saturated rings. The number of rotatable bonds is 13. The van der Waals surface area contributed by atoms with E-state index in [1.54, 1.807) is 0 Å². The van der Waals surface area contributed by atoms with Crippen molar-refractivity contribution < 1.29 is 28.3 Å². The fourth-order valence-electron chi connectivity index (χ4n) is 3.86. The van der Waals surface area contributed by atoms with Gasteiger partial charge in [0.15, 0.2) is 0 Å². The highest BCUT2D eigenvalue weighted by molar-refractivity contribution is 6.99. The molecule has 1 aliphatic rings. The Labute approximate surface area is 208 Å². The number of unbranched alkanes of at least 4 members (excludes halogenated alkanes) is 3.